The summed E-state index contributed by atoms with van der Waals surface area (Å²) < 4.78 is 41.3. The monoisotopic (exact) mass is 493 g/mol. The summed E-state index contributed by atoms with van der Waals surface area (Å²) in [5.41, 5.74) is 2.67. The zero-order chi connectivity index (χ0) is 24.0. The lowest BCUT2D eigenvalue weighted by molar-refractivity contribution is -0.137. The fourth-order valence-corrected chi connectivity index (χ4v) is 6.11. The van der Waals surface area contributed by atoms with Crippen LogP contribution in [0.3, 0.4) is 0 Å². The van der Waals surface area contributed by atoms with Crippen molar-refractivity contribution >= 4 is 34.7 Å². The number of thioether (sulfide) groups is 1. The lowest BCUT2D eigenvalue weighted by atomic mass is 9.74. The number of rotatable bonds is 4. The number of carbonyl (C=O) groups is 1. The molecule has 5 nitrogen and oxygen atoms in total. The number of oxime groups is 1. The summed E-state index contributed by atoms with van der Waals surface area (Å²) in [6, 6.07) is 6.08. The Morgan fingerprint density at radius 2 is 2.03 bits per heavy atom. The van der Waals surface area contributed by atoms with Gasteiger partial charge in [-0.15, -0.1) is 23.1 Å². The van der Waals surface area contributed by atoms with E-state index in [9.17, 15) is 18.0 Å². The number of carbonyl (C=O) groups excluding carboxylic acids is 1. The lowest BCUT2D eigenvalue weighted by Gasteiger charge is -2.31. The first-order chi connectivity index (χ1) is 15.5. The lowest BCUT2D eigenvalue weighted by Crippen LogP contribution is -2.27. The van der Waals surface area contributed by atoms with E-state index in [0.29, 0.717) is 5.69 Å². The van der Waals surface area contributed by atoms with Gasteiger partial charge in [0, 0.05) is 17.3 Å². The predicted molar refractivity (Wildman–Crippen MR) is 124 cm³/mol. The molecule has 0 fully saturated rings. The number of thiophene rings is 1. The maximum absolute atomic E-state index is 13.1. The molecule has 1 aromatic carbocycles. The quantitative estimate of drug-likeness (QED) is 0.313. The van der Waals surface area contributed by atoms with Gasteiger partial charge < -0.3 is 4.84 Å². The third-order valence-electron chi connectivity index (χ3n) is 5.42. The van der Waals surface area contributed by atoms with E-state index in [0.717, 1.165) is 55.6 Å². The molecule has 0 N–H and O–H groups in total. The molecule has 0 saturated heterocycles. The van der Waals surface area contributed by atoms with Crippen molar-refractivity contribution in [2.75, 3.05) is 13.4 Å². The maximum Gasteiger partial charge on any atom is 0.416 e. The molecule has 0 spiro atoms. The smallest absolute Gasteiger partial charge is 0.399 e. The van der Waals surface area contributed by atoms with Gasteiger partial charge >= 0.3 is 6.18 Å². The van der Waals surface area contributed by atoms with Crippen LogP contribution in [0.15, 0.2) is 45.9 Å². The molecule has 33 heavy (non-hydrogen) atoms. The highest BCUT2D eigenvalue weighted by Gasteiger charge is 2.36. The molecule has 2 heterocycles. The van der Waals surface area contributed by atoms with E-state index in [1.165, 1.54) is 25.4 Å². The second kappa shape index (κ2) is 8.64. The normalized spacial score (nSPS) is 16.6. The molecule has 0 bridgehead atoms. The Kier molecular flexibility index (Phi) is 6.17. The van der Waals surface area contributed by atoms with Crippen LogP contribution in [0.2, 0.25) is 0 Å². The van der Waals surface area contributed by atoms with Crippen molar-refractivity contribution in [2.24, 2.45) is 10.6 Å². The average Bonchev–Trinajstić information content (AvgIpc) is 3.37. The molecule has 1 aliphatic rings. The van der Waals surface area contributed by atoms with Crippen molar-refractivity contribution < 1.29 is 22.8 Å². The molecule has 0 atom stereocenters. The van der Waals surface area contributed by atoms with Crippen LogP contribution >= 0.6 is 23.1 Å². The van der Waals surface area contributed by atoms with Crippen molar-refractivity contribution in [3.8, 4) is 10.6 Å². The Labute approximate surface area is 197 Å². The van der Waals surface area contributed by atoms with Crippen LogP contribution in [0, 0.1) is 5.41 Å². The van der Waals surface area contributed by atoms with Crippen LogP contribution in [0.25, 0.3) is 10.6 Å². The van der Waals surface area contributed by atoms with Gasteiger partial charge in [0.1, 0.15) is 12.8 Å². The van der Waals surface area contributed by atoms with Crippen molar-refractivity contribution in [1.82, 2.24) is 9.78 Å². The third-order valence-corrected chi connectivity index (χ3v) is 7.79. The minimum absolute atomic E-state index is 0.0354. The molecular weight excluding hydrogens is 471 g/mol. The highest BCUT2D eigenvalue weighted by Crippen LogP contribution is 2.48. The minimum Gasteiger partial charge on any atom is -0.399 e. The zero-order valence-corrected chi connectivity index (χ0v) is 20.1. The predicted octanol–water partition coefficient (Wildman–Crippen LogP) is 6.36. The molecule has 0 aliphatic heterocycles. The molecular formula is C23H22F3N3O2S2. The highest BCUT2D eigenvalue weighted by molar-refractivity contribution is 8.00. The Balaban J connectivity index is 1.75. The number of hydrogen-bond donors (Lipinski definition) is 0. The van der Waals surface area contributed by atoms with Crippen molar-refractivity contribution in [3.05, 3.63) is 58.8 Å². The number of hydrogen-bond acceptors (Lipinski definition) is 6. The molecule has 4 rings (SSSR count). The summed E-state index contributed by atoms with van der Waals surface area (Å²) in [4.78, 5) is 18.9. The molecule has 0 radical (unpaired) electrons. The van der Waals surface area contributed by atoms with Crippen LogP contribution in [0.5, 0.6) is 0 Å². The topological polar surface area (TPSA) is 56.5 Å². The van der Waals surface area contributed by atoms with Gasteiger partial charge in [0.25, 0.3) is 5.91 Å². The SMILES string of the molecule is CO/N=C1/CC(C)(C)Cc2c(-c3ccn(C(=O)c4cccc(C(F)(F)F)c4)n3)sc(SC)c21. The molecule has 0 saturated carbocycles. The van der Waals surface area contributed by atoms with E-state index in [-0.39, 0.29) is 11.0 Å². The van der Waals surface area contributed by atoms with Crippen LogP contribution in [0.4, 0.5) is 13.2 Å². The average molecular weight is 494 g/mol. The number of alkyl halides is 3. The fraction of sp³-hybridized carbons (Fsp3) is 0.348. The summed E-state index contributed by atoms with van der Waals surface area (Å²) in [6.07, 6.45) is 0.548. The van der Waals surface area contributed by atoms with E-state index in [1.807, 2.05) is 6.26 Å². The van der Waals surface area contributed by atoms with E-state index in [1.54, 1.807) is 29.2 Å². The summed E-state index contributed by atoms with van der Waals surface area (Å²) >= 11 is 3.19. The number of fused-ring (bicyclic) bond motifs is 1. The van der Waals surface area contributed by atoms with E-state index < -0.39 is 17.6 Å². The molecule has 174 valence electrons. The third kappa shape index (κ3) is 4.59. The highest BCUT2D eigenvalue weighted by atomic mass is 32.2. The number of nitrogens with zero attached hydrogens (tertiary/aromatic N) is 3. The van der Waals surface area contributed by atoms with Crippen molar-refractivity contribution in [3.63, 3.8) is 0 Å². The molecule has 3 aromatic rings. The second-order valence-corrected chi connectivity index (χ2v) is 10.6. The standard InChI is InChI=1S/C23H22F3N3O2S2/c1-22(2)11-15-18(17(12-22)28-31-3)21(32-4)33-19(15)16-8-9-29(27-16)20(30)13-6-5-7-14(10-13)23(24,25)26/h5-10H,11-12H2,1-4H3/b28-17-. The molecule has 2 aromatic heterocycles. The summed E-state index contributed by atoms with van der Waals surface area (Å²) in [7, 11) is 1.53. The first-order valence-corrected chi connectivity index (χ1v) is 12.2. The first-order valence-electron chi connectivity index (χ1n) is 10.1. The Morgan fingerprint density at radius 3 is 2.70 bits per heavy atom. The van der Waals surface area contributed by atoms with Crippen LogP contribution in [-0.4, -0.2) is 34.8 Å². The Hall–Kier alpha value is -2.59. The van der Waals surface area contributed by atoms with Crippen LogP contribution in [0.1, 0.15) is 47.3 Å². The second-order valence-electron chi connectivity index (χ2n) is 8.54. The number of halogens is 3. The zero-order valence-electron chi connectivity index (χ0n) is 18.5. The van der Waals surface area contributed by atoms with Gasteiger partial charge in [0.15, 0.2) is 0 Å². The molecule has 1 aliphatic carbocycles. The van der Waals surface area contributed by atoms with Gasteiger partial charge in [-0.1, -0.05) is 25.1 Å². The van der Waals surface area contributed by atoms with Gasteiger partial charge in [-0.2, -0.15) is 18.3 Å². The van der Waals surface area contributed by atoms with Crippen molar-refractivity contribution in [2.45, 2.75) is 37.1 Å². The van der Waals surface area contributed by atoms with Crippen LogP contribution < -0.4 is 0 Å². The van der Waals surface area contributed by atoms with E-state index in [4.69, 9.17) is 4.84 Å². The summed E-state index contributed by atoms with van der Waals surface area (Å²) in [5.74, 6) is -0.621. The van der Waals surface area contributed by atoms with E-state index in [2.05, 4.69) is 24.1 Å². The maximum atomic E-state index is 13.1. The van der Waals surface area contributed by atoms with Crippen molar-refractivity contribution in [1.29, 1.82) is 0 Å². The number of aromatic nitrogens is 2. The summed E-state index contributed by atoms with van der Waals surface area (Å²) in [6.45, 7) is 4.33. The molecule has 10 heteroatoms. The molecule has 0 unspecified atom stereocenters. The summed E-state index contributed by atoms with van der Waals surface area (Å²) in [5, 5.41) is 8.71. The Bertz CT molecular complexity index is 1240. The molecule has 0 amide bonds. The van der Waals surface area contributed by atoms with Gasteiger partial charge in [-0.05, 0) is 54.3 Å². The minimum atomic E-state index is -4.52. The fourth-order valence-electron chi connectivity index (χ4n) is 4.04. The van der Waals surface area contributed by atoms with Gasteiger partial charge in [-0.3, -0.25) is 4.79 Å². The number of benzene rings is 1. The van der Waals surface area contributed by atoms with Gasteiger partial charge in [0.05, 0.1) is 20.4 Å². The van der Waals surface area contributed by atoms with E-state index >= 15 is 0 Å². The van der Waals surface area contributed by atoms with Gasteiger partial charge in [0.2, 0.25) is 0 Å². The Morgan fingerprint density at radius 1 is 1.27 bits per heavy atom. The van der Waals surface area contributed by atoms with Gasteiger partial charge in [-0.25, -0.2) is 4.68 Å². The first kappa shape index (κ1) is 23.6. The van der Waals surface area contributed by atoms with Crippen LogP contribution in [-0.2, 0) is 17.4 Å². The largest absolute Gasteiger partial charge is 0.416 e.